The quantitative estimate of drug-likeness (QED) is 0.0567. The summed E-state index contributed by atoms with van der Waals surface area (Å²) in [6.07, 6.45) is 0.336. The number of carboxylic acids is 1. The molecule has 63 heavy (non-hydrogen) atoms. The van der Waals surface area contributed by atoms with E-state index in [0.29, 0.717) is 5.56 Å². The Bertz CT molecular complexity index is 2400. The third-order valence-corrected chi connectivity index (χ3v) is 10.7. The number of hydrogen-bond acceptors (Lipinski definition) is 7. The van der Waals surface area contributed by atoms with E-state index >= 15 is 0 Å². The molecule has 0 spiro atoms. The fourth-order valence-electron chi connectivity index (χ4n) is 6.18. The van der Waals surface area contributed by atoms with Crippen molar-refractivity contribution >= 4 is 69.5 Å². The largest absolute Gasteiger partial charge is 1.00 e. The third kappa shape index (κ3) is 12.5. The molecule has 2 aromatic heterocycles. The summed E-state index contributed by atoms with van der Waals surface area (Å²) in [6, 6.07) is 14.9. The molecule has 6 aromatic rings. The van der Waals surface area contributed by atoms with E-state index < -0.39 is 53.0 Å². The van der Waals surface area contributed by atoms with Crippen LogP contribution in [0.4, 0.5) is 37.7 Å². The average molecular weight is 973 g/mol. The number of nitrogens with zero attached hydrogens (tertiary/aromatic N) is 4. The first-order chi connectivity index (χ1) is 28.4. The average Bonchev–Trinajstić information content (AvgIpc) is 3.72. The zero-order valence-corrected chi connectivity index (χ0v) is 38.7. The maximum Gasteiger partial charge on any atom is 1.00 e. The molecule has 6 N–H and O–H groups in total. The van der Waals surface area contributed by atoms with Gasteiger partial charge < -0.3 is 26.7 Å². The standard InChI is InChI=1S/C21H18Cl2F3N3O.C20H16Cl2F3N3O2.Na.2H2O/c1-11(13-5-3-7-16(24)18(13)25)29-21(23)14(20(28-29)12(2)30)9-10-27-17-8-4-6-15(22)19(17)26;1-10(11-4-2-6-14(23)16(11)24)28-19(22)12(18(27-28)20(29)30)8-9-26-15-7-3-5-13(21)17(15)25;;;/h3-8,11,27H,9-10H2,1-2H3;2-7,10,26H,8-9H2,1H3,(H,29,30);;2*1H2/q;;+1;;/p-1. The molecule has 332 valence electrons. The van der Waals surface area contributed by atoms with Crippen LogP contribution >= 0.6 is 46.4 Å². The number of carboxylic acid groups (broad SMARTS) is 1. The van der Waals surface area contributed by atoms with Crippen LogP contribution in [-0.2, 0) is 12.8 Å². The van der Waals surface area contributed by atoms with Gasteiger partial charge in [-0.15, -0.1) is 0 Å². The maximum absolute atomic E-state index is 14.2. The van der Waals surface area contributed by atoms with Crippen molar-refractivity contribution in [3.8, 4) is 0 Å². The molecule has 0 aliphatic carbocycles. The number of benzene rings is 4. The van der Waals surface area contributed by atoms with Crippen LogP contribution in [0.3, 0.4) is 0 Å². The van der Waals surface area contributed by atoms with E-state index in [4.69, 9.17) is 46.4 Å². The number of anilines is 2. The van der Waals surface area contributed by atoms with Crippen LogP contribution in [0.5, 0.6) is 0 Å². The molecule has 0 radical (unpaired) electrons. The molecule has 2 atom stereocenters. The molecule has 0 saturated heterocycles. The van der Waals surface area contributed by atoms with Gasteiger partial charge in [0, 0.05) is 42.3 Å². The molecule has 0 aliphatic rings. The maximum atomic E-state index is 14.2. The molecule has 0 bridgehead atoms. The van der Waals surface area contributed by atoms with Crippen LogP contribution in [0.2, 0.25) is 20.4 Å². The van der Waals surface area contributed by atoms with Gasteiger partial charge in [-0.05, 0) is 63.1 Å². The Balaban J connectivity index is 0.000000414. The monoisotopic (exact) mass is 970 g/mol. The van der Waals surface area contributed by atoms with Crippen LogP contribution in [0.15, 0.2) is 72.8 Å². The molecule has 4 aromatic carbocycles. The van der Waals surface area contributed by atoms with Crippen molar-refractivity contribution in [1.29, 1.82) is 0 Å². The molecule has 0 saturated carbocycles. The normalized spacial score (nSPS) is 11.5. The van der Waals surface area contributed by atoms with Gasteiger partial charge in [-0.2, -0.15) is 10.2 Å². The fraction of sp³-hybridized carbons (Fsp3) is 0.220. The van der Waals surface area contributed by atoms with Gasteiger partial charge in [0.1, 0.15) is 16.0 Å². The molecule has 0 aliphatic heterocycles. The molecular weight excluding hydrogens is 935 g/mol. The summed E-state index contributed by atoms with van der Waals surface area (Å²) in [5, 5.41) is 23.5. The summed E-state index contributed by atoms with van der Waals surface area (Å²) in [5.41, 5.74) is 0.811. The number of ketones is 1. The van der Waals surface area contributed by atoms with Crippen molar-refractivity contribution in [1.82, 2.24) is 19.6 Å². The molecule has 6 rings (SSSR count). The SMILES string of the molecule is CC(=O)c1nn(C(C)c2cccc(F)c2F)c(Cl)c1CCNc1cccc(Cl)c1F.CC(c1cccc(F)c1F)n1nc(C(=O)O)c(CCNc2cccc(Cl)c2F)c1Cl.O.[Na+].[OH-]. The van der Waals surface area contributed by atoms with Crippen molar-refractivity contribution < 1.29 is 81.5 Å². The van der Waals surface area contributed by atoms with Gasteiger partial charge in [-0.1, -0.05) is 82.8 Å². The Kier molecular flexibility index (Phi) is 21.0. The van der Waals surface area contributed by atoms with Gasteiger partial charge in [-0.3, -0.25) is 4.79 Å². The number of nitrogens with one attached hydrogen (secondary N) is 2. The molecule has 0 amide bonds. The number of aromatic nitrogens is 4. The molecule has 22 heteroatoms. The number of rotatable bonds is 14. The number of carbonyl (C=O) groups excluding carboxylic acids is 1. The number of hydrogen-bond donors (Lipinski definition) is 3. The molecule has 2 heterocycles. The Labute approximate surface area is 399 Å². The second-order valence-electron chi connectivity index (χ2n) is 13.2. The van der Waals surface area contributed by atoms with Crippen LogP contribution < -0.4 is 40.2 Å². The second-order valence-corrected chi connectivity index (χ2v) is 14.7. The topological polar surface area (TPSA) is 176 Å². The predicted octanol–water partition coefficient (Wildman–Crippen LogP) is 7.65. The number of halogens is 10. The number of aromatic carboxylic acids is 1. The molecule has 0 fully saturated rings. The number of carbonyl (C=O) groups is 2. The Hall–Kier alpha value is -4.30. The minimum atomic E-state index is -1.33. The van der Waals surface area contributed by atoms with Crippen LogP contribution in [0.1, 0.15) is 76.1 Å². The van der Waals surface area contributed by atoms with Crippen LogP contribution in [0.25, 0.3) is 0 Å². The van der Waals surface area contributed by atoms with E-state index in [9.17, 15) is 41.0 Å². The van der Waals surface area contributed by atoms with Gasteiger partial charge in [0.05, 0.1) is 33.5 Å². The minimum absolute atomic E-state index is 0. The summed E-state index contributed by atoms with van der Waals surface area (Å²) in [4.78, 5) is 23.7. The van der Waals surface area contributed by atoms with E-state index in [1.165, 1.54) is 67.1 Å². The molecule has 11 nitrogen and oxygen atoms in total. The minimum Gasteiger partial charge on any atom is -0.870 e. The first-order valence-corrected chi connectivity index (χ1v) is 19.5. The summed E-state index contributed by atoms with van der Waals surface area (Å²) in [6.45, 7) is 4.83. The second kappa shape index (κ2) is 24.1. The zero-order chi connectivity index (χ0) is 44.0. The summed E-state index contributed by atoms with van der Waals surface area (Å²) >= 11 is 24.3. The smallest absolute Gasteiger partial charge is 0.870 e. The fourth-order valence-corrected chi connectivity index (χ4v) is 7.27. The van der Waals surface area contributed by atoms with E-state index in [1.807, 2.05) is 0 Å². The van der Waals surface area contributed by atoms with Crippen molar-refractivity contribution in [3.63, 3.8) is 0 Å². The summed E-state index contributed by atoms with van der Waals surface area (Å²) in [7, 11) is 0. The van der Waals surface area contributed by atoms with Gasteiger partial charge in [0.2, 0.25) is 0 Å². The van der Waals surface area contributed by atoms with Crippen molar-refractivity contribution in [3.05, 3.63) is 162 Å². The Morgan fingerprint density at radius 1 is 0.635 bits per heavy atom. The van der Waals surface area contributed by atoms with E-state index in [2.05, 4.69) is 20.8 Å². The first-order valence-electron chi connectivity index (χ1n) is 18.0. The molecule has 2 unspecified atom stereocenters. The third-order valence-electron chi connectivity index (χ3n) is 9.30. The van der Waals surface area contributed by atoms with Gasteiger partial charge in [0.25, 0.3) is 0 Å². The van der Waals surface area contributed by atoms with Gasteiger partial charge in [0.15, 0.2) is 46.4 Å². The van der Waals surface area contributed by atoms with Crippen molar-refractivity contribution in [2.75, 3.05) is 23.7 Å². The van der Waals surface area contributed by atoms with E-state index in [0.717, 1.165) is 16.8 Å². The van der Waals surface area contributed by atoms with Crippen LogP contribution in [-0.4, -0.2) is 60.5 Å². The Morgan fingerprint density at radius 2 is 1.00 bits per heavy atom. The molecular formula is C41H37Cl4F6N6NaO5. The predicted molar refractivity (Wildman–Crippen MR) is 225 cm³/mol. The van der Waals surface area contributed by atoms with Gasteiger partial charge >= 0.3 is 35.5 Å². The summed E-state index contributed by atoms with van der Waals surface area (Å²) in [5.74, 6) is -6.94. The van der Waals surface area contributed by atoms with E-state index in [1.54, 1.807) is 19.1 Å². The first kappa shape index (κ1) is 54.8. The summed E-state index contributed by atoms with van der Waals surface area (Å²) < 4.78 is 86.0. The van der Waals surface area contributed by atoms with Crippen molar-refractivity contribution in [2.45, 2.75) is 45.7 Å². The van der Waals surface area contributed by atoms with E-state index in [-0.39, 0.29) is 132 Å². The van der Waals surface area contributed by atoms with Crippen LogP contribution in [0, 0.1) is 34.9 Å². The number of Topliss-reactive ketones (excluding diaryl/α,β-unsaturated/α-hetero) is 1. The Morgan fingerprint density at radius 3 is 1.38 bits per heavy atom. The van der Waals surface area contributed by atoms with Gasteiger partial charge in [-0.25, -0.2) is 40.5 Å². The zero-order valence-electron chi connectivity index (χ0n) is 33.7. The van der Waals surface area contributed by atoms with Crippen molar-refractivity contribution in [2.24, 2.45) is 0 Å².